The van der Waals surface area contributed by atoms with E-state index < -0.39 is 0 Å². The molecular weight excluding hydrogens is 354 g/mol. The van der Waals surface area contributed by atoms with Gasteiger partial charge in [0, 0.05) is 5.75 Å². The zero-order chi connectivity index (χ0) is 19.2. The molecule has 0 amide bonds. The second kappa shape index (κ2) is 9.41. The van der Waals surface area contributed by atoms with E-state index in [9.17, 15) is 0 Å². The Labute approximate surface area is 168 Å². The Morgan fingerprint density at radius 2 is 1.77 bits per heavy atom. The maximum absolute atomic E-state index is 4.79. The molecule has 0 aliphatic rings. The van der Waals surface area contributed by atoms with Crippen LogP contribution in [0.5, 0.6) is 0 Å². The largest absolute Gasteiger partial charge is 0.230 e. The third-order valence-corrected chi connectivity index (χ3v) is 7.82. The fraction of sp³-hybridized carbons (Fsp3) is 0.609. The van der Waals surface area contributed by atoms with Crippen molar-refractivity contribution in [2.75, 3.05) is 5.75 Å². The first kappa shape index (κ1) is 21.5. The number of thiazole rings is 1. The van der Waals surface area contributed by atoms with Gasteiger partial charge in [-0.1, -0.05) is 89.9 Å². The van der Waals surface area contributed by atoms with Crippen molar-refractivity contribution in [1.29, 1.82) is 0 Å². The number of aromatic nitrogens is 1. The van der Waals surface area contributed by atoms with Crippen molar-refractivity contribution in [3.8, 4) is 0 Å². The molecule has 2 rings (SSSR count). The van der Waals surface area contributed by atoms with E-state index in [0.29, 0.717) is 10.8 Å². The van der Waals surface area contributed by atoms with Crippen LogP contribution >= 0.6 is 23.1 Å². The Kier molecular flexibility index (Phi) is 7.78. The van der Waals surface area contributed by atoms with Gasteiger partial charge in [-0.3, -0.25) is 0 Å². The number of rotatable bonds is 10. The van der Waals surface area contributed by atoms with E-state index in [0.717, 1.165) is 11.3 Å². The first-order valence-electron chi connectivity index (χ1n) is 9.91. The third kappa shape index (κ3) is 6.74. The van der Waals surface area contributed by atoms with Crippen LogP contribution in [0, 0.1) is 10.8 Å². The lowest BCUT2D eigenvalue weighted by Gasteiger charge is -2.25. The molecule has 0 saturated carbocycles. The van der Waals surface area contributed by atoms with E-state index in [1.807, 2.05) is 23.1 Å². The molecule has 2 aromatic rings. The van der Waals surface area contributed by atoms with Crippen LogP contribution in [-0.2, 0) is 0 Å². The van der Waals surface area contributed by atoms with Gasteiger partial charge in [0.25, 0.3) is 0 Å². The Morgan fingerprint density at radius 1 is 1.08 bits per heavy atom. The van der Waals surface area contributed by atoms with Crippen LogP contribution in [0.3, 0.4) is 0 Å². The molecule has 0 unspecified atom stereocenters. The Bertz CT molecular complexity index is 692. The molecule has 0 saturated heterocycles. The van der Waals surface area contributed by atoms with Gasteiger partial charge >= 0.3 is 0 Å². The van der Waals surface area contributed by atoms with Gasteiger partial charge in [0.05, 0.1) is 10.2 Å². The van der Waals surface area contributed by atoms with Crippen molar-refractivity contribution >= 4 is 33.3 Å². The molecule has 1 aromatic heterocycles. The maximum Gasteiger partial charge on any atom is 0.151 e. The quantitative estimate of drug-likeness (QED) is 0.299. The van der Waals surface area contributed by atoms with Crippen LogP contribution in [0.25, 0.3) is 10.2 Å². The fourth-order valence-corrected chi connectivity index (χ4v) is 4.90. The van der Waals surface area contributed by atoms with E-state index in [1.54, 1.807) is 5.57 Å². The molecule has 0 bridgehead atoms. The highest BCUT2D eigenvalue weighted by molar-refractivity contribution is 8.01. The molecule has 26 heavy (non-hydrogen) atoms. The number of allylic oxidation sites excluding steroid dienone is 1. The Morgan fingerprint density at radius 3 is 2.42 bits per heavy atom. The van der Waals surface area contributed by atoms with Crippen LogP contribution in [-0.4, -0.2) is 10.7 Å². The van der Waals surface area contributed by atoms with Crippen molar-refractivity contribution in [3.63, 3.8) is 0 Å². The minimum atomic E-state index is 0.375. The molecule has 0 spiro atoms. The van der Waals surface area contributed by atoms with Gasteiger partial charge in [-0.2, -0.15) is 0 Å². The average Bonchev–Trinajstić information content (AvgIpc) is 3.02. The van der Waals surface area contributed by atoms with Crippen molar-refractivity contribution in [2.24, 2.45) is 10.8 Å². The average molecular weight is 390 g/mol. The molecule has 0 radical (unpaired) electrons. The van der Waals surface area contributed by atoms with Crippen LogP contribution in [0.1, 0.15) is 73.6 Å². The summed E-state index contributed by atoms with van der Waals surface area (Å²) in [6.45, 7) is 14.1. The Balaban J connectivity index is 2.04. The van der Waals surface area contributed by atoms with Gasteiger partial charge in [0.2, 0.25) is 0 Å². The second-order valence-electron chi connectivity index (χ2n) is 8.85. The summed E-state index contributed by atoms with van der Waals surface area (Å²) in [5.74, 6) is 1.07. The zero-order valence-corrected chi connectivity index (χ0v) is 19.0. The van der Waals surface area contributed by atoms with E-state index in [4.69, 9.17) is 4.98 Å². The summed E-state index contributed by atoms with van der Waals surface area (Å²) in [4.78, 5) is 4.79. The number of fused-ring (bicyclic) bond motifs is 1. The molecule has 1 heterocycles. The summed E-state index contributed by atoms with van der Waals surface area (Å²) in [7, 11) is 0. The first-order chi connectivity index (χ1) is 12.2. The maximum atomic E-state index is 4.79. The van der Waals surface area contributed by atoms with Gasteiger partial charge in [-0.25, -0.2) is 4.98 Å². The predicted molar refractivity (Wildman–Crippen MR) is 120 cm³/mol. The molecule has 1 aromatic carbocycles. The van der Waals surface area contributed by atoms with Gasteiger partial charge in [-0.05, 0) is 42.2 Å². The summed E-state index contributed by atoms with van der Waals surface area (Å²) in [6, 6.07) is 8.45. The molecule has 0 aliphatic carbocycles. The van der Waals surface area contributed by atoms with Crippen LogP contribution in [0.4, 0.5) is 0 Å². The van der Waals surface area contributed by atoms with Gasteiger partial charge in [0.1, 0.15) is 0 Å². The molecular formula is C23H35NS2. The highest BCUT2D eigenvalue weighted by atomic mass is 32.2. The predicted octanol–water partition coefficient (Wildman–Crippen LogP) is 8.36. The number of benzene rings is 1. The van der Waals surface area contributed by atoms with Gasteiger partial charge in [-0.15, -0.1) is 11.3 Å². The lowest BCUT2D eigenvalue weighted by Crippen LogP contribution is -2.12. The van der Waals surface area contributed by atoms with Gasteiger partial charge in [0.15, 0.2) is 4.34 Å². The standard InChI is InChI=1S/C23H35NS2/c1-7-22(3,4)15-11-12-18(16-23(5,6)8-2)17-25-21-24-19-13-9-10-14-20(19)26-21/h9-10,12-14H,7-8,11,15-17H2,1-6H3/b18-12-. The van der Waals surface area contributed by atoms with Crippen LogP contribution < -0.4 is 0 Å². The van der Waals surface area contributed by atoms with Crippen molar-refractivity contribution in [1.82, 2.24) is 4.98 Å². The normalized spacial score (nSPS) is 13.5. The number of nitrogens with zero attached hydrogens (tertiary/aromatic N) is 1. The molecule has 0 fully saturated rings. The topological polar surface area (TPSA) is 12.9 Å². The second-order valence-corrected chi connectivity index (χ2v) is 11.1. The monoisotopic (exact) mass is 389 g/mol. The summed E-state index contributed by atoms with van der Waals surface area (Å²) >= 11 is 3.73. The molecule has 3 heteroatoms. The third-order valence-electron chi connectivity index (χ3n) is 5.53. The first-order valence-corrected chi connectivity index (χ1v) is 11.7. The number of hydrogen-bond acceptors (Lipinski definition) is 3. The molecule has 144 valence electrons. The number of para-hydroxylation sites is 1. The van der Waals surface area contributed by atoms with E-state index in [2.05, 4.69) is 71.9 Å². The molecule has 0 aliphatic heterocycles. The zero-order valence-electron chi connectivity index (χ0n) is 17.4. The SMILES string of the molecule is CCC(C)(C)CC/C=C(\CSc1nc2ccccc2s1)CC(C)(C)CC. The highest BCUT2D eigenvalue weighted by Crippen LogP contribution is 2.35. The molecule has 0 atom stereocenters. The minimum absolute atomic E-state index is 0.375. The highest BCUT2D eigenvalue weighted by Gasteiger charge is 2.19. The Hall–Kier alpha value is -0.800. The number of thioether (sulfide) groups is 1. The van der Waals surface area contributed by atoms with Crippen molar-refractivity contribution < 1.29 is 0 Å². The fourth-order valence-electron chi connectivity index (χ4n) is 2.83. The summed E-state index contributed by atoms with van der Waals surface area (Å²) in [5, 5.41) is 0. The smallest absolute Gasteiger partial charge is 0.151 e. The number of hydrogen-bond donors (Lipinski definition) is 0. The van der Waals surface area contributed by atoms with Crippen LogP contribution in [0.15, 0.2) is 40.3 Å². The van der Waals surface area contributed by atoms with E-state index in [-0.39, 0.29) is 0 Å². The van der Waals surface area contributed by atoms with E-state index >= 15 is 0 Å². The minimum Gasteiger partial charge on any atom is -0.230 e. The lowest BCUT2D eigenvalue weighted by atomic mass is 9.82. The van der Waals surface area contributed by atoms with Crippen molar-refractivity contribution in [2.45, 2.75) is 78.0 Å². The van der Waals surface area contributed by atoms with Crippen molar-refractivity contribution in [3.05, 3.63) is 35.9 Å². The summed E-state index contributed by atoms with van der Waals surface area (Å²) < 4.78 is 2.49. The molecule has 1 nitrogen and oxygen atoms in total. The van der Waals surface area contributed by atoms with Crippen LogP contribution in [0.2, 0.25) is 0 Å². The lowest BCUT2D eigenvalue weighted by molar-refractivity contribution is 0.323. The molecule has 0 N–H and O–H groups in total. The van der Waals surface area contributed by atoms with E-state index in [1.165, 1.54) is 41.1 Å². The summed E-state index contributed by atoms with van der Waals surface area (Å²) in [5.41, 5.74) is 3.54. The van der Waals surface area contributed by atoms with Gasteiger partial charge < -0.3 is 0 Å². The summed E-state index contributed by atoms with van der Waals surface area (Å²) in [6.07, 6.45) is 8.64.